The molecule has 0 spiro atoms. The van der Waals surface area contributed by atoms with E-state index in [1.165, 1.54) is 6.42 Å². The fourth-order valence-corrected chi connectivity index (χ4v) is 1.29. The Bertz CT molecular complexity index is 141. The standard InChI is InChI=1S/C13H28O3/c1-5-14-9-10-16-12-11-15-8-6-7-13(2,3)4/h5-12H2,1-4H3. The van der Waals surface area contributed by atoms with Crippen molar-refractivity contribution in [3.05, 3.63) is 0 Å². The zero-order valence-electron chi connectivity index (χ0n) is 11.4. The van der Waals surface area contributed by atoms with Gasteiger partial charge in [0.2, 0.25) is 0 Å². The highest BCUT2D eigenvalue weighted by atomic mass is 16.5. The molecule has 0 aromatic heterocycles. The van der Waals surface area contributed by atoms with Crippen LogP contribution < -0.4 is 0 Å². The number of hydrogen-bond acceptors (Lipinski definition) is 3. The summed E-state index contributed by atoms with van der Waals surface area (Å²) in [6.07, 6.45) is 2.33. The summed E-state index contributed by atoms with van der Waals surface area (Å²) in [5.74, 6) is 0. The lowest BCUT2D eigenvalue weighted by atomic mass is 9.91. The minimum absolute atomic E-state index is 0.414. The highest BCUT2D eigenvalue weighted by Gasteiger charge is 2.08. The molecule has 0 N–H and O–H groups in total. The Hall–Kier alpha value is -0.120. The molecule has 0 amide bonds. The Balaban J connectivity index is 2.99. The molecule has 0 aliphatic rings. The SMILES string of the molecule is CCOCCOCCOCCCC(C)(C)C. The van der Waals surface area contributed by atoms with E-state index in [0.29, 0.717) is 31.8 Å². The van der Waals surface area contributed by atoms with Crippen LogP contribution in [0, 0.1) is 5.41 Å². The van der Waals surface area contributed by atoms with Crippen molar-refractivity contribution in [3.8, 4) is 0 Å². The van der Waals surface area contributed by atoms with Gasteiger partial charge in [-0.25, -0.2) is 0 Å². The molecule has 0 aliphatic carbocycles. The van der Waals surface area contributed by atoms with Gasteiger partial charge in [0, 0.05) is 13.2 Å². The number of hydrogen-bond donors (Lipinski definition) is 0. The fraction of sp³-hybridized carbons (Fsp3) is 1.00. The molecular formula is C13H28O3. The van der Waals surface area contributed by atoms with Gasteiger partial charge in [0.15, 0.2) is 0 Å². The second-order valence-corrected chi connectivity index (χ2v) is 5.09. The summed E-state index contributed by atoms with van der Waals surface area (Å²) in [5.41, 5.74) is 0.414. The van der Waals surface area contributed by atoms with Crippen LogP contribution in [-0.2, 0) is 14.2 Å². The third kappa shape index (κ3) is 13.9. The lowest BCUT2D eigenvalue weighted by molar-refractivity contribution is 0.0153. The summed E-state index contributed by atoms with van der Waals surface area (Å²) < 4.78 is 16.0. The normalized spacial score (nSPS) is 12.0. The molecule has 0 aliphatic heterocycles. The van der Waals surface area contributed by atoms with E-state index in [4.69, 9.17) is 14.2 Å². The second kappa shape index (κ2) is 10.1. The average molecular weight is 232 g/mol. The second-order valence-electron chi connectivity index (χ2n) is 5.09. The smallest absolute Gasteiger partial charge is 0.0701 e. The van der Waals surface area contributed by atoms with E-state index in [-0.39, 0.29) is 0 Å². The maximum Gasteiger partial charge on any atom is 0.0701 e. The van der Waals surface area contributed by atoms with E-state index in [1.54, 1.807) is 0 Å². The molecule has 0 heterocycles. The van der Waals surface area contributed by atoms with Crippen molar-refractivity contribution in [2.24, 2.45) is 5.41 Å². The average Bonchev–Trinajstić information content (AvgIpc) is 2.19. The van der Waals surface area contributed by atoms with Crippen molar-refractivity contribution in [2.45, 2.75) is 40.5 Å². The summed E-state index contributed by atoms with van der Waals surface area (Å²) in [6.45, 7) is 13.0. The van der Waals surface area contributed by atoms with Crippen LogP contribution in [0.3, 0.4) is 0 Å². The van der Waals surface area contributed by atoms with Gasteiger partial charge in [0.1, 0.15) is 0 Å². The Morgan fingerprint density at radius 1 is 0.750 bits per heavy atom. The summed E-state index contributed by atoms with van der Waals surface area (Å²) in [7, 11) is 0. The minimum atomic E-state index is 0.414. The molecule has 0 rings (SSSR count). The molecule has 3 heteroatoms. The van der Waals surface area contributed by atoms with Crippen molar-refractivity contribution in [2.75, 3.05) is 39.6 Å². The van der Waals surface area contributed by atoms with Crippen LogP contribution in [0.2, 0.25) is 0 Å². The van der Waals surface area contributed by atoms with Crippen molar-refractivity contribution in [3.63, 3.8) is 0 Å². The van der Waals surface area contributed by atoms with Crippen LogP contribution in [0.4, 0.5) is 0 Å². The van der Waals surface area contributed by atoms with Crippen LogP contribution >= 0.6 is 0 Å². The van der Waals surface area contributed by atoms with Gasteiger partial charge in [-0.15, -0.1) is 0 Å². The Kier molecular flexibility index (Phi) is 9.99. The van der Waals surface area contributed by atoms with Gasteiger partial charge >= 0.3 is 0 Å². The van der Waals surface area contributed by atoms with E-state index < -0.39 is 0 Å². The van der Waals surface area contributed by atoms with Crippen molar-refractivity contribution in [1.29, 1.82) is 0 Å². The van der Waals surface area contributed by atoms with Gasteiger partial charge in [0.05, 0.1) is 26.4 Å². The summed E-state index contributed by atoms with van der Waals surface area (Å²) in [5, 5.41) is 0. The lowest BCUT2D eigenvalue weighted by Crippen LogP contribution is -2.11. The van der Waals surface area contributed by atoms with Crippen molar-refractivity contribution in [1.82, 2.24) is 0 Å². The van der Waals surface area contributed by atoms with Crippen molar-refractivity contribution >= 4 is 0 Å². The van der Waals surface area contributed by atoms with E-state index >= 15 is 0 Å². The lowest BCUT2D eigenvalue weighted by Gasteiger charge is -2.17. The van der Waals surface area contributed by atoms with Gasteiger partial charge in [-0.05, 0) is 25.2 Å². The van der Waals surface area contributed by atoms with E-state index in [2.05, 4.69) is 20.8 Å². The molecule has 0 saturated carbocycles. The zero-order valence-corrected chi connectivity index (χ0v) is 11.4. The summed E-state index contributed by atoms with van der Waals surface area (Å²) in [4.78, 5) is 0. The summed E-state index contributed by atoms with van der Waals surface area (Å²) >= 11 is 0. The van der Waals surface area contributed by atoms with Gasteiger partial charge in [-0.2, -0.15) is 0 Å². The fourth-order valence-electron chi connectivity index (χ4n) is 1.29. The first-order chi connectivity index (χ1) is 7.56. The Labute approximate surface area is 100 Å². The largest absolute Gasteiger partial charge is 0.379 e. The monoisotopic (exact) mass is 232 g/mol. The van der Waals surface area contributed by atoms with Crippen LogP contribution in [0.5, 0.6) is 0 Å². The Morgan fingerprint density at radius 3 is 1.75 bits per heavy atom. The molecule has 3 nitrogen and oxygen atoms in total. The highest BCUT2D eigenvalue weighted by Crippen LogP contribution is 2.20. The zero-order chi connectivity index (χ0) is 12.3. The molecule has 0 radical (unpaired) electrons. The van der Waals surface area contributed by atoms with Crippen LogP contribution in [0.15, 0.2) is 0 Å². The van der Waals surface area contributed by atoms with E-state index in [9.17, 15) is 0 Å². The predicted molar refractivity (Wildman–Crippen MR) is 66.8 cm³/mol. The number of ether oxygens (including phenoxy) is 3. The molecule has 0 unspecified atom stereocenters. The Morgan fingerprint density at radius 2 is 1.25 bits per heavy atom. The summed E-state index contributed by atoms with van der Waals surface area (Å²) in [6, 6.07) is 0. The highest BCUT2D eigenvalue weighted by molar-refractivity contribution is 4.60. The van der Waals surface area contributed by atoms with Crippen LogP contribution in [0.1, 0.15) is 40.5 Å². The van der Waals surface area contributed by atoms with Crippen LogP contribution in [0.25, 0.3) is 0 Å². The van der Waals surface area contributed by atoms with Gasteiger partial charge in [0.25, 0.3) is 0 Å². The number of rotatable bonds is 10. The predicted octanol–water partition coefficient (Wildman–Crippen LogP) is 2.88. The van der Waals surface area contributed by atoms with Gasteiger partial charge in [-0.1, -0.05) is 20.8 Å². The molecular weight excluding hydrogens is 204 g/mol. The maximum atomic E-state index is 5.47. The molecule has 98 valence electrons. The van der Waals surface area contributed by atoms with Gasteiger partial charge in [-0.3, -0.25) is 0 Å². The molecule has 0 aromatic rings. The van der Waals surface area contributed by atoms with Crippen LogP contribution in [-0.4, -0.2) is 39.6 Å². The maximum absolute atomic E-state index is 5.47. The third-order valence-electron chi connectivity index (χ3n) is 2.16. The third-order valence-corrected chi connectivity index (χ3v) is 2.16. The quantitative estimate of drug-likeness (QED) is 0.542. The van der Waals surface area contributed by atoms with Crippen molar-refractivity contribution < 1.29 is 14.2 Å². The first-order valence-corrected chi connectivity index (χ1v) is 6.29. The molecule has 0 aromatic carbocycles. The van der Waals surface area contributed by atoms with E-state index in [0.717, 1.165) is 19.6 Å². The topological polar surface area (TPSA) is 27.7 Å². The molecule has 0 saturated heterocycles. The van der Waals surface area contributed by atoms with Gasteiger partial charge < -0.3 is 14.2 Å². The first kappa shape index (κ1) is 15.9. The molecule has 16 heavy (non-hydrogen) atoms. The van der Waals surface area contributed by atoms with E-state index in [1.807, 2.05) is 6.92 Å². The molecule has 0 atom stereocenters. The first-order valence-electron chi connectivity index (χ1n) is 6.29. The molecule has 0 fully saturated rings. The molecule has 0 bridgehead atoms. The minimum Gasteiger partial charge on any atom is -0.379 e.